The first-order valence-electron chi connectivity index (χ1n) is 5.01. The normalized spacial score (nSPS) is 9.88. The van der Waals surface area contributed by atoms with Gasteiger partial charge in [0, 0.05) is 17.3 Å². The number of nitrogens with one attached hydrogen (secondary N) is 2. The summed E-state index contributed by atoms with van der Waals surface area (Å²) in [4.78, 5) is 0. The predicted octanol–water partition coefficient (Wildman–Crippen LogP) is 3.38. The fourth-order valence-electron chi connectivity index (χ4n) is 1.13. The van der Waals surface area contributed by atoms with Gasteiger partial charge in [-0.2, -0.15) is 11.8 Å². The minimum atomic E-state index is 0.656. The first kappa shape index (κ1) is 13.6. The second-order valence-corrected chi connectivity index (χ2v) is 5.06. The number of benzene rings is 1. The topological polar surface area (TPSA) is 24.1 Å². The number of thiocarbonyl (C=S) groups is 1. The summed E-state index contributed by atoms with van der Waals surface area (Å²) in [6.45, 7) is 0.903. The van der Waals surface area contributed by atoms with Gasteiger partial charge in [-0.15, -0.1) is 0 Å². The van der Waals surface area contributed by atoms with Gasteiger partial charge in [0.15, 0.2) is 5.11 Å². The van der Waals surface area contributed by atoms with Crippen LogP contribution in [0.5, 0.6) is 0 Å². The van der Waals surface area contributed by atoms with Gasteiger partial charge in [-0.1, -0.05) is 11.6 Å². The van der Waals surface area contributed by atoms with Crippen LogP contribution in [-0.4, -0.2) is 23.7 Å². The second-order valence-electron chi connectivity index (χ2n) is 3.23. The zero-order valence-corrected chi connectivity index (χ0v) is 11.5. The van der Waals surface area contributed by atoms with E-state index in [4.69, 9.17) is 23.8 Å². The standard InChI is InChI=1S/C11H15ClN2S2/c1-16-8-2-7-13-11(15)14-10-5-3-9(12)4-6-10/h3-6H,2,7-8H2,1H3,(H2,13,14,15). The lowest BCUT2D eigenvalue weighted by atomic mass is 10.3. The van der Waals surface area contributed by atoms with Crippen LogP contribution in [0.2, 0.25) is 5.02 Å². The molecule has 0 radical (unpaired) electrons. The molecule has 0 saturated heterocycles. The van der Waals surface area contributed by atoms with Gasteiger partial charge in [-0.05, 0) is 54.9 Å². The molecule has 0 fully saturated rings. The first-order valence-corrected chi connectivity index (χ1v) is 7.20. The van der Waals surface area contributed by atoms with Gasteiger partial charge in [0.2, 0.25) is 0 Å². The maximum Gasteiger partial charge on any atom is 0.170 e. The van der Waals surface area contributed by atoms with Gasteiger partial charge in [0.05, 0.1) is 0 Å². The highest BCUT2D eigenvalue weighted by Crippen LogP contribution is 2.13. The smallest absolute Gasteiger partial charge is 0.170 e. The van der Waals surface area contributed by atoms with Gasteiger partial charge in [-0.3, -0.25) is 0 Å². The van der Waals surface area contributed by atoms with Crippen LogP contribution in [0.1, 0.15) is 6.42 Å². The van der Waals surface area contributed by atoms with Crippen molar-refractivity contribution in [3.05, 3.63) is 29.3 Å². The summed E-state index contributed by atoms with van der Waals surface area (Å²) in [5.74, 6) is 1.15. The van der Waals surface area contributed by atoms with Crippen LogP contribution in [0.3, 0.4) is 0 Å². The zero-order chi connectivity index (χ0) is 11.8. The molecule has 0 aromatic heterocycles. The van der Waals surface area contributed by atoms with Crippen LogP contribution >= 0.6 is 35.6 Å². The summed E-state index contributed by atoms with van der Waals surface area (Å²) in [6.07, 6.45) is 3.22. The molecule has 1 aromatic carbocycles. The molecule has 0 spiro atoms. The van der Waals surface area contributed by atoms with Crippen molar-refractivity contribution in [2.45, 2.75) is 6.42 Å². The molecule has 0 aliphatic rings. The van der Waals surface area contributed by atoms with Gasteiger partial charge in [0.25, 0.3) is 0 Å². The predicted molar refractivity (Wildman–Crippen MR) is 78.7 cm³/mol. The van der Waals surface area contributed by atoms with Gasteiger partial charge >= 0.3 is 0 Å². The van der Waals surface area contributed by atoms with Crippen LogP contribution in [0, 0.1) is 0 Å². The first-order chi connectivity index (χ1) is 7.72. The molecule has 0 heterocycles. The highest BCUT2D eigenvalue weighted by Gasteiger charge is 1.96. The maximum atomic E-state index is 5.79. The molecule has 0 unspecified atom stereocenters. The quantitative estimate of drug-likeness (QED) is 0.635. The minimum Gasteiger partial charge on any atom is -0.362 e. The number of rotatable bonds is 5. The van der Waals surface area contributed by atoms with Crippen molar-refractivity contribution >= 4 is 46.4 Å². The molecular weight excluding hydrogens is 260 g/mol. The van der Waals surface area contributed by atoms with Crippen molar-refractivity contribution in [2.24, 2.45) is 0 Å². The lowest BCUT2D eigenvalue weighted by Gasteiger charge is -2.10. The molecule has 1 rings (SSSR count). The van der Waals surface area contributed by atoms with Crippen molar-refractivity contribution in [2.75, 3.05) is 23.9 Å². The van der Waals surface area contributed by atoms with Crippen molar-refractivity contribution in [3.8, 4) is 0 Å². The molecule has 1 aromatic rings. The van der Waals surface area contributed by atoms with Crippen molar-refractivity contribution < 1.29 is 0 Å². The number of thioether (sulfide) groups is 1. The summed E-state index contributed by atoms with van der Waals surface area (Å²) in [5.41, 5.74) is 0.951. The van der Waals surface area contributed by atoms with Gasteiger partial charge in [-0.25, -0.2) is 0 Å². The summed E-state index contributed by atoms with van der Waals surface area (Å²) in [6, 6.07) is 7.47. The summed E-state index contributed by atoms with van der Waals surface area (Å²) in [7, 11) is 0. The Labute approximate surface area is 111 Å². The Kier molecular flexibility index (Phi) is 6.61. The van der Waals surface area contributed by atoms with Crippen molar-refractivity contribution in [1.29, 1.82) is 0 Å². The molecule has 88 valence electrons. The fourth-order valence-corrected chi connectivity index (χ4v) is 1.91. The average molecular weight is 275 g/mol. The molecule has 5 heteroatoms. The van der Waals surface area contributed by atoms with E-state index in [9.17, 15) is 0 Å². The molecule has 0 aliphatic carbocycles. The monoisotopic (exact) mass is 274 g/mol. The zero-order valence-electron chi connectivity index (χ0n) is 9.13. The number of hydrogen-bond donors (Lipinski definition) is 2. The maximum absolute atomic E-state index is 5.79. The van der Waals surface area contributed by atoms with Crippen molar-refractivity contribution in [1.82, 2.24) is 5.32 Å². The van der Waals surface area contributed by atoms with Crippen LogP contribution in [0.4, 0.5) is 5.69 Å². The van der Waals surface area contributed by atoms with Crippen LogP contribution in [-0.2, 0) is 0 Å². The van der Waals surface area contributed by atoms with Crippen molar-refractivity contribution in [3.63, 3.8) is 0 Å². The van der Waals surface area contributed by atoms with Crippen LogP contribution in [0.15, 0.2) is 24.3 Å². The molecular formula is C11H15ClN2S2. The SMILES string of the molecule is CSCCCNC(=S)Nc1ccc(Cl)cc1. The second kappa shape index (κ2) is 7.76. The summed E-state index contributed by atoms with van der Waals surface area (Å²) < 4.78 is 0. The van der Waals surface area contributed by atoms with E-state index in [-0.39, 0.29) is 0 Å². The fraction of sp³-hybridized carbons (Fsp3) is 0.364. The molecule has 0 amide bonds. The van der Waals surface area contributed by atoms with E-state index >= 15 is 0 Å². The largest absolute Gasteiger partial charge is 0.362 e. The highest BCUT2D eigenvalue weighted by atomic mass is 35.5. The number of anilines is 1. The third-order valence-corrected chi connectivity index (χ3v) is 3.11. The Morgan fingerprint density at radius 3 is 2.69 bits per heavy atom. The Morgan fingerprint density at radius 2 is 2.06 bits per heavy atom. The molecule has 0 atom stereocenters. The Balaban J connectivity index is 2.26. The number of hydrogen-bond acceptors (Lipinski definition) is 2. The third-order valence-electron chi connectivity index (χ3n) is 1.91. The average Bonchev–Trinajstić information content (AvgIpc) is 2.28. The van der Waals surface area contributed by atoms with E-state index < -0.39 is 0 Å². The van der Waals surface area contributed by atoms with Crippen LogP contribution < -0.4 is 10.6 Å². The summed E-state index contributed by atoms with van der Waals surface area (Å²) in [5, 5.41) is 7.64. The molecule has 0 bridgehead atoms. The van der Waals surface area contributed by atoms with E-state index in [0.717, 1.165) is 29.4 Å². The third kappa shape index (κ3) is 5.58. The summed E-state index contributed by atoms with van der Waals surface area (Å²) >= 11 is 12.8. The van der Waals surface area contributed by atoms with Crippen LogP contribution in [0.25, 0.3) is 0 Å². The van der Waals surface area contributed by atoms with Gasteiger partial charge < -0.3 is 10.6 Å². The van der Waals surface area contributed by atoms with E-state index in [1.807, 2.05) is 36.0 Å². The van der Waals surface area contributed by atoms with E-state index in [2.05, 4.69) is 16.9 Å². The lowest BCUT2D eigenvalue weighted by molar-refractivity contribution is 0.855. The minimum absolute atomic E-state index is 0.656. The Morgan fingerprint density at radius 1 is 1.38 bits per heavy atom. The van der Waals surface area contributed by atoms with E-state index in [1.165, 1.54) is 0 Å². The van der Waals surface area contributed by atoms with E-state index in [0.29, 0.717) is 5.11 Å². The number of halogens is 1. The molecule has 0 aliphatic heterocycles. The van der Waals surface area contributed by atoms with E-state index in [1.54, 1.807) is 0 Å². The molecule has 0 saturated carbocycles. The molecule has 2 nitrogen and oxygen atoms in total. The molecule has 16 heavy (non-hydrogen) atoms. The highest BCUT2D eigenvalue weighted by molar-refractivity contribution is 7.98. The Bertz CT molecular complexity index is 327. The lowest BCUT2D eigenvalue weighted by Crippen LogP contribution is -2.29. The Hall–Kier alpha value is -0.450. The van der Waals surface area contributed by atoms with Gasteiger partial charge in [0.1, 0.15) is 0 Å². The molecule has 2 N–H and O–H groups in total.